The van der Waals surface area contributed by atoms with Crippen LogP contribution in [-0.2, 0) is 16.4 Å². The van der Waals surface area contributed by atoms with Crippen LogP contribution < -0.4 is 0 Å². The van der Waals surface area contributed by atoms with Crippen molar-refractivity contribution in [3.63, 3.8) is 0 Å². The summed E-state index contributed by atoms with van der Waals surface area (Å²) in [4.78, 5) is 14.2. The van der Waals surface area contributed by atoms with Crippen molar-refractivity contribution < 1.29 is 13.2 Å². The third-order valence-corrected chi connectivity index (χ3v) is 7.48. The maximum atomic E-state index is 12.9. The molecule has 3 heterocycles. The van der Waals surface area contributed by atoms with E-state index in [1.807, 2.05) is 48.7 Å². The Kier molecular flexibility index (Phi) is 5.16. The van der Waals surface area contributed by atoms with Crippen LogP contribution in [0.5, 0.6) is 0 Å². The van der Waals surface area contributed by atoms with Gasteiger partial charge in [0.2, 0.25) is 5.82 Å². The van der Waals surface area contributed by atoms with Crippen LogP contribution in [-0.4, -0.2) is 50.5 Å². The standard InChI is InChI=1S/C19H20BrN5O3S/c1-12-9-17(13(2)25(12)16-7-8-29(27,28)11-16)18(26)10-24-22-19(21-23-24)14-3-5-15(20)6-4-14/h3-6,9,16H,7-8,10-11H2,1-2H3. The highest BCUT2D eigenvalue weighted by Crippen LogP contribution is 2.29. The molecule has 1 aliphatic heterocycles. The normalized spacial score (nSPS) is 18.2. The number of carbonyl (C=O) groups is 1. The zero-order valence-corrected chi connectivity index (χ0v) is 18.4. The van der Waals surface area contributed by atoms with Gasteiger partial charge in [0, 0.05) is 33.0 Å². The van der Waals surface area contributed by atoms with E-state index in [2.05, 4.69) is 31.3 Å². The van der Waals surface area contributed by atoms with Gasteiger partial charge < -0.3 is 4.57 Å². The van der Waals surface area contributed by atoms with Gasteiger partial charge in [-0.05, 0) is 55.8 Å². The largest absolute Gasteiger partial charge is 0.344 e. The highest BCUT2D eigenvalue weighted by Gasteiger charge is 2.31. The number of rotatable bonds is 5. The van der Waals surface area contributed by atoms with Crippen LogP contribution in [0.15, 0.2) is 34.8 Å². The lowest BCUT2D eigenvalue weighted by atomic mass is 10.1. The summed E-state index contributed by atoms with van der Waals surface area (Å²) in [6.07, 6.45) is 0.577. The number of sulfone groups is 1. The molecule has 8 nitrogen and oxygen atoms in total. The fourth-order valence-electron chi connectivity index (χ4n) is 3.84. The molecule has 1 fully saturated rings. The number of halogens is 1. The topological polar surface area (TPSA) is 99.7 Å². The molecular weight excluding hydrogens is 458 g/mol. The number of hydrogen-bond donors (Lipinski definition) is 0. The van der Waals surface area contributed by atoms with Crippen LogP contribution in [0.2, 0.25) is 0 Å². The van der Waals surface area contributed by atoms with Crippen LogP contribution in [0.1, 0.15) is 34.2 Å². The fourth-order valence-corrected chi connectivity index (χ4v) is 5.80. The molecule has 3 aromatic rings. The van der Waals surface area contributed by atoms with Crippen molar-refractivity contribution in [2.45, 2.75) is 32.9 Å². The Morgan fingerprint density at radius 3 is 2.62 bits per heavy atom. The Morgan fingerprint density at radius 1 is 1.24 bits per heavy atom. The molecule has 0 spiro atoms. The van der Waals surface area contributed by atoms with Crippen molar-refractivity contribution in [2.24, 2.45) is 0 Å². The molecule has 10 heteroatoms. The lowest BCUT2D eigenvalue weighted by molar-refractivity contribution is 0.0960. The maximum Gasteiger partial charge on any atom is 0.204 e. The number of benzene rings is 1. The van der Waals surface area contributed by atoms with E-state index in [1.54, 1.807) is 0 Å². The van der Waals surface area contributed by atoms with E-state index in [1.165, 1.54) is 4.80 Å². The number of carbonyl (C=O) groups excluding carboxylic acids is 1. The predicted octanol–water partition coefficient (Wildman–Crippen LogP) is 2.76. The summed E-state index contributed by atoms with van der Waals surface area (Å²) in [5, 5.41) is 12.3. The summed E-state index contributed by atoms with van der Waals surface area (Å²) in [6.45, 7) is 3.72. The quantitative estimate of drug-likeness (QED) is 0.523. The molecule has 0 amide bonds. The van der Waals surface area contributed by atoms with E-state index in [-0.39, 0.29) is 29.9 Å². The van der Waals surface area contributed by atoms with Gasteiger partial charge in [-0.25, -0.2) is 8.42 Å². The molecule has 2 aromatic heterocycles. The number of ketones is 1. The highest BCUT2D eigenvalue weighted by atomic mass is 79.9. The third kappa shape index (κ3) is 4.04. The van der Waals surface area contributed by atoms with E-state index in [0.29, 0.717) is 17.8 Å². The van der Waals surface area contributed by atoms with Crippen LogP contribution in [0.4, 0.5) is 0 Å². The number of Topliss-reactive ketones (excluding diaryl/α,β-unsaturated/α-hetero) is 1. The molecule has 1 aliphatic rings. The molecule has 4 rings (SSSR count). The van der Waals surface area contributed by atoms with Gasteiger partial charge in [0.25, 0.3) is 0 Å². The van der Waals surface area contributed by atoms with Crippen LogP contribution in [0, 0.1) is 13.8 Å². The van der Waals surface area contributed by atoms with Crippen LogP contribution in [0.3, 0.4) is 0 Å². The maximum absolute atomic E-state index is 12.9. The summed E-state index contributed by atoms with van der Waals surface area (Å²) in [7, 11) is -3.00. The number of nitrogens with zero attached hydrogens (tertiary/aromatic N) is 5. The number of aryl methyl sites for hydroxylation is 1. The average Bonchev–Trinajstić information content (AvgIpc) is 3.33. The van der Waals surface area contributed by atoms with Crippen LogP contribution >= 0.6 is 15.9 Å². The molecule has 1 atom stereocenters. The summed E-state index contributed by atoms with van der Waals surface area (Å²) in [5.74, 6) is 0.634. The SMILES string of the molecule is Cc1cc(C(=O)Cn2nnc(-c3ccc(Br)cc3)n2)c(C)n1C1CCS(=O)(=O)C1. The highest BCUT2D eigenvalue weighted by molar-refractivity contribution is 9.10. The summed E-state index contributed by atoms with van der Waals surface area (Å²) >= 11 is 3.39. The Balaban J connectivity index is 1.54. The molecule has 152 valence electrons. The van der Waals surface area contributed by atoms with E-state index >= 15 is 0 Å². The first-order chi connectivity index (χ1) is 13.7. The number of tetrazole rings is 1. The van der Waals surface area contributed by atoms with Crippen molar-refractivity contribution in [1.82, 2.24) is 24.8 Å². The smallest absolute Gasteiger partial charge is 0.204 e. The van der Waals surface area contributed by atoms with E-state index in [9.17, 15) is 13.2 Å². The van der Waals surface area contributed by atoms with Gasteiger partial charge in [-0.15, -0.1) is 10.2 Å². The first-order valence-corrected chi connectivity index (χ1v) is 11.8. The minimum absolute atomic E-state index is 0.0310. The van der Waals surface area contributed by atoms with E-state index in [4.69, 9.17) is 0 Å². The summed E-state index contributed by atoms with van der Waals surface area (Å²) < 4.78 is 26.6. The van der Waals surface area contributed by atoms with Gasteiger partial charge in [-0.1, -0.05) is 15.9 Å². The van der Waals surface area contributed by atoms with Crippen molar-refractivity contribution >= 4 is 31.6 Å². The van der Waals surface area contributed by atoms with Gasteiger partial charge >= 0.3 is 0 Å². The van der Waals surface area contributed by atoms with Crippen molar-refractivity contribution in [1.29, 1.82) is 0 Å². The van der Waals surface area contributed by atoms with E-state index in [0.717, 1.165) is 21.4 Å². The minimum Gasteiger partial charge on any atom is -0.344 e. The lowest BCUT2D eigenvalue weighted by Gasteiger charge is -2.16. The first kappa shape index (κ1) is 20.0. The zero-order valence-electron chi connectivity index (χ0n) is 16.0. The Labute approximate surface area is 177 Å². The molecule has 0 N–H and O–H groups in total. The average molecular weight is 478 g/mol. The predicted molar refractivity (Wildman–Crippen MR) is 111 cm³/mol. The van der Waals surface area contributed by atoms with Gasteiger partial charge in [0.1, 0.15) is 6.54 Å². The lowest BCUT2D eigenvalue weighted by Crippen LogP contribution is -2.16. The molecule has 0 bridgehead atoms. The first-order valence-electron chi connectivity index (χ1n) is 9.19. The Bertz CT molecular complexity index is 1180. The van der Waals surface area contributed by atoms with Crippen molar-refractivity contribution in [3.8, 4) is 11.4 Å². The monoisotopic (exact) mass is 477 g/mol. The Morgan fingerprint density at radius 2 is 1.97 bits per heavy atom. The van der Waals surface area contributed by atoms with E-state index < -0.39 is 9.84 Å². The molecule has 0 aliphatic carbocycles. The molecule has 0 radical (unpaired) electrons. The molecule has 1 unspecified atom stereocenters. The van der Waals surface area contributed by atoms with Gasteiger partial charge in [0.15, 0.2) is 15.6 Å². The van der Waals surface area contributed by atoms with Gasteiger partial charge in [0.05, 0.1) is 11.5 Å². The zero-order chi connectivity index (χ0) is 20.8. The third-order valence-electron chi connectivity index (χ3n) is 5.20. The van der Waals surface area contributed by atoms with Gasteiger partial charge in [-0.3, -0.25) is 4.79 Å². The molecular formula is C19H20BrN5O3S. The Hall–Kier alpha value is -2.33. The van der Waals surface area contributed by atoms with Crippen molar-refractivity contribution in [3.05, 3.63) is 51.8 Å². The number of aromatic nitrogens is 5. The second-order valence-electron chi connectivity index (χ2n) is 7.29. The minimum atomic E-state index is -3.00. The summed E-state index contributed by atoms with van der Waals surface area (Å²) in [6, 6.07) is 9.22. The molecule has 29 heavy (non-hydrogen) atoms. The second kappa shape index (κ2) is 7.49. The van der Waals surface area contributed by atoms with Gasteiger partial charge in [-0.2, -0.15) is 4.80 Å². The summed E-state index contributed by atoms with van der Waals surface area (Å²) in [5.41, 5.74) is 3.04. The number of hydrogen-bond acceptors (Lipinski definition) is 6. The fraction of sp³-hybridized carbons (Fsp3) is 0.368. The van der Waals surface area contributed by atoms with Crippen molar-refractivity contribution in [2.75, 3.05) is 11.5 Å². The molecule has 1 saturated heterocycles. The molecule has 0 saturated carbocycles. The molecule has 1 aromatic carbocycles. The van der Waals surface area contributed by atoms with Crippen LogP contribution in [0.25, 0.3) is 11.4 Å². The second-order valence-corrected chi connectivity index (χ2v) is 10.4.